The Hall–Kier alpha value is -3.71. The van der Waals surface area contributed by atoms with Crippen LogP contribution in [-0.4, -0.2) is 31.7 Å². The van der Waals surface area contributed by atoms with E-state index in [4.69, 9.17) is 9.72 Å². The largest absolute Gasteiger partial charge is 0.492 e. The van der Waals surface area contributed by atoms with Gasteiger partial charge in [-0.25, -0.2) is 9.97 Å². The molecule has 0 fully saturated rings. The first-order valence-corrected chi connectivity index (χ1v) is 10.2. The number of aryl methyl sites for hydroxylation is 1. The number of nitrogens with zero attached hydrogens (tertiary/aromatic N) is 4. The van der Waals surface area contributed by atoms with E-state index in [2.05, 4.69) is 9.97 Å². The van der Waals surface area contributed by atoms with Crippen LogP contribution < -0.4 is 4.74 Å². The van der Waals surface area contributed by atoms with Crippen molar-refractivity contribution in [3.63, 3.8) is 0 Å². The van der Waals surface area contributed by atoms with E-state index in [1.165, 1.54) is 11.3 Å². The minimum absolute atomic E-state index is 0.0221. The van der Waals surface area contributed by atoms with Gasteiger partial charge in [0.25, 0.3) is 0 Å². The highest BCUT2D eigenvalue weighted by molar-refractivity contribution is 7.23. The van der Waals surface area contributed by atoms with Crippen LogP contribution in [0.1, 0.15) is 0 Å². The monoisotopic (exact) mass is 414 g/mol. The molecule has 5 rings (SSSR count). The van der Waals surface area contributed by atoms with Crippen molar-refractivity contribution in [2.45, 2.75) is 0 Å². The highest BCUT2D eigenvalue weighted by atomic mass is 32.1. The molecule has 0 atom stereocenters. The van der Waals surface area contributed by atoms with Crippen LogP contribution >= 0.6 is 11.3 Å². The summed E-state index contributed by atoms with van der Waals surface area (Å²) in [5, 5.41) is 10.8. The minimum Gasteiger partial charge on any atom is -0.492 e. The quantitative estimate of drug-likeness (QED) is 0.441. The Balaban J connectivity index is 1.82. The van der Waals surface area contributed by atoms with Gasteiger partial charge in [0.05, 0.1) is 18.3 Å². The van der Waals surface area contributed by atoms with Crippen molar-refractivity contribution in [1.82, 2.24) is 19.5 Å². The number of aromatic nitrogens is 4. The lowest BCUT2D eigenvalue weighted by atomic mass is 10.0. The third kappa shape index (κ3) is 3.00. The van der Waals surface area contributed by atoms with Crippen LogP contribution in [0.4, 0.5) is 0 Å². The summed E-state index contributed by atoms with van der Waals surface area (Å²) >= 11 is 1.48. The molecule has 7 heteroatoms. The summed E-state index contributed by atoms with van der Waals surface area (Å²) in [5.41, 5.74) is 4.40. The van der Waals surface area contributed by atoms with E-state index in [9.17, 15) is 5.11 Å². The number of ether oxygens (including phenoxy) is 1. The molecule has 0 radical (unpaired) electrons. The summed E-state index contributed by atoms with van der Waals surface area (Å²) in [5.74, 6) is 1.00. The van der Waals surface area contributed by atoms with Gasteiger partial charge in [0, 0.05) is 41.5 Å². The molecule has 0 spiro atoms. The molecule has 0 unspecified atom stereocenters. The predicted octanol–water partition coefficient (Wildman–Crippen LogP) is 5.14. The summed E-state index contributed by atoms with van der Waals surface area (Å²) < 4.78 is 7.79. The topological polar surface area (TPSA) is 73.1 Å². The first kappa shape index (κ1) is 18.3. The zero-order valence-electron chi connectivity index (χ0n) is 16.4. The van der Waals surface area contributed by atoms with Gasteiger partial charge in [-0.15, -0.1) is 11.3 Å². The van der Waals surface area contributed by atoms with Gasteiger partial charge in [-0.05, 0) is 23.8 Å². The van der Waals surface area contributed by atoms with Crippen molar-refractivity contribution in [1.29, 1.82) is 0 Å². The summed E-state index contributed by atoms with van der Waals surface area (Å²) in [6.07, 6.45) is 3.70. The molecule has 30 heavy (non-hydrogen) atoms. The van der Waals surface area contributed by atoms with Crippen LogP contribution in [0.3, 0.4) is 0 Å². The van der Waals surface area contributed by atoms with Gasteiger partial charge in [0.15, 0.2) is 5.82 Å². The molecule has 0 bridgehead atoms. The molecule has 1 aromatic carbocycles. The lowest BCUT2D eigenvalue weighted by molar-refractivity contribution is 0.398. The van der Waals surface area contributed by atoms with Crippen molar-refractivity contribution in [2.24, 2.45) is 7.05 Å². The summed E-state index contributed by atoms with van der Waals surface area (Å²) in [6.45, 7) is 0. The van der Waals surface area contributed by atoms with Gasteiger partial charge in [-0.1, -0.05) is 30.3 Å². The Bertz CT molecular complexity index is 1340. The first-order chi connectivity index (χ1) is 14.7. The number of thiophene rings is 1. The number of rotatable bonds is 4. The van der Waals surface area contributed by atoms with Crippen LogP contribution in [0.25, 0.3) is 43.3 Å². The average Bonchev–Trinajstić information content (AvgIpc) is 3.38. The third-order valence-electron chi connectivity index (χ3n) is 4.96. The molecule has 0 aliphatic heterocycles. The number of fused-ring (bicyclic) bond motifs is 1. The highest BCUT2D eigenvalue weighted by Gasteiger charge is 2.22. The van der Waals surface area contributed by atoms with Crippen LogP contribution in [0, 0.1) is 0 Å². The lowest BCUT2D eigenvalue weighted by Gasteiger charge is -2.07. The Morgan fingerprint density at radius 2 is 1.80 bits per heavy atom. The Kier molecular flexibility index (Phi) is 4.44. The lowest BCUT2D eigenvalue weighted by Crippen LogP contribution is -1.96. The SMILES string of the molecule is COc1ccc(-c2c(-c3ccccc3)sc3c(O)nc(-c4cccn4C)nc23)cn1. The fraction of sp³-hybridized carbons (Fsp3) is 0.0870. The van der Waals surface area contributed by atoms with Gasteiger partial charge in [0.2, 0.25) is 11.8 Å². The zero-order chi connectivity index (χ0) is 20.7. The van der Waals surface area contributed by atoms with Gasteiger partial charge >= 0.3 is 0 Å². The molecule has 148 valence electrons. The van der Waals surface area contributed by atoms with E-state index in [-0.39, 0.29) is 5.88 Å². The fourth-order valence-electron chi connectivity index (χ4n) is 3.48. The van der Waals surface area contributed by atoms with Gasteiger partial charge < -0.3 is 14.4 Å². The molecule has 0 saturated heterocycles. The molecule has 1 N–H and O–H groups in total. The van der Waals surface area contributed by atoms with E-state index in [1.807, 2.05) is 72.4 Å². The Labute approximate surface area is 177 Å². The second-order valence-electron chi connectivity index (χ2n) is 6.81. The van der Waals surface area contributed by atoms with Crippen molar-refractivity contribution in [2.75, 3.05) is 7.11 Å². The van der Waals surface area contributed by atoms with Crippen LogP contribution in [-0.2, 0) is 7.05 Å². The molecule has 0 aliphatic rings. The standard InChI is InChI=1S/C23H18N4O2S/c1-27-12-6-9-16(27)22-25-19-18(15-10-11-17(29-2)24-13-15)20(14-7-4-3-5-8-14)30-21(19)23(28)26-22/h3-13H,1-2H3,(H,25,26,28). The van der Waals surface area contributed by atoms with E-state index >= 15 is 0 Å². The molecular formula is C23H18N4O2S. The van der Waals surface area contributed by atoms with E-state index < -0.39 is 0 Å². The minimum atomic E-state index is -0.0221. The number of methoxy groups -OCH3 is 1. The average molecular weight is 414 g/mol. The molecular weight excluding hydrogens is 396 g/mol. The van der Waals surface area contributed by atoms with E-state index in [1.54, 1.807) is 13.3 Å². The number of hydrogen-bond donors (Lipinski definition) is 1. The number of benzene rings is 1. The van der Waals surface area contributed by atoms with Crippen LogP contribution in [0.2, 0.25) is 0 Å². The van der Waals surface area contributed by atoms with Gasteiger partial charge in [0.1, 0.15) is 4.70 Å². The number of pyridine rings is 1. The Morgan fingerprint density at radius 3 is 2.47 bits per heavy atom. The zero-order valence-corrected chi connectivity index (χ0v) is 17.2. The molecule has 0 aliphatic carbocycles. The van der Waals surface area contributed by atoms with E-state index in [0.29, 0.717) is 21.9 Å². The molecule has 4 heterocycles. The number of hydrogen-bond acceptors (Lipinski definition) is 6. The molecule has 4 aromatic heterocycles. The summed E-state index contributed by atoms with van der Waals surface area (Å²) in [4.78, 5) is 14.6. The highest BCUT2D eigenvalue weighted by Crippen LogP contribution is 2.46. The smallest absolute Gasteiger partial charge is 0.233 e. The van der Waals surface area contributed by atoms with Gasteiger partial charge in [-0.2, -0.15) is 4.98 Å². The molecule has 0 amide bonds. The van der Waals surface area contributed by atoms with Crippen molar-refractivity contribution in [3.05, 3.63) is 67.0 Å². The third-order valence-corrected chi connectivity index (χ3v) is 6.18. The first-order valence-electron chi connectivity index (χ1n) is 9.36. The molecule has 0 saturated carbocycles. The van der Waals surface area contributed by atoms with Crippen molar-refractivity contribution < 1.29 is 9.84 Å². The fourth-order valence-corrected chi connectivity index (χ4v) is 4.64. The normalized spacial score (nSPS) is 11.1. The molecule has 6 nitrogen and oxygen atoms in total. The van der Waals surface area contributed by atoms with Gasteiger partial charge in [-0.3, -0.25) is 0 Å². The maximum atomic E-state index is 10.8. The second-order valence-corrected chi connectivity index (χ2v) is 7.83. The van der Waals surface area contributed by atoms with Crippen molar-refractivity contribution in [3.8, 4) is 44.8 Å². The predicted molar refractivity (Wildman–Crippen MR) is 119 cm³/mol. The maximum absolute atomic E-state index is 10.8. The number of aromatic hydroxyl groups is 1. The Morgan fingerprint density at radius 1 is 0.967 bits per heavy atom. The summed E-state index contributed by atoms with van der Waals surface area (Å²) in [7, 11) is 3.52. The van der Waals surface area contributed by atoms with Crippen LogP contribution in [0.15, 0.2) is 67.0 Å². The van der Waals surface area contributed by atoms with Crippen molar-refractivity contribution >= 4 is 21.6 Å². The summed E-state index contributed by atoms with van der Waals surface area (Å²) in [6, 6.07) is 17.7. The second kappa shape index (κ2) is 7.27. The van der Waals surface area contributed by atoms with Crippen LogP contribution in [0.5, 0.6) is 11.8 Å². The maximum Gasteiger partial charge on any atom is 0.233 e. The van der Waals surface area contributed by atoms with E-state index in [0.717, 1.165) is 27.3 Å². The molecule has 5 aromatic rings.